The molecule has 1 heterocycles. The summed E-state index contributed by atoms with van der Waals surface area (Å²) in [6.45, 7) is 2.07. The maximum Gasteiger partial charge on any atom is 0.135 e. The van der Waals surface area contributed by atoms with E-state index in [1.54, 1.807) is 0 Å². The Hall–Kier alpha value is -1.22. The fourth-order valence-electron chi connectivity index (χ4n) is 1.44. The number of nitrogen functional groups attached to an aromatic ring is 1. The molecule has 3 heteroatoms. The number of hydrogen-bond donors (Lipinski definition) is 1. The Labute approximate surface area is 97.2 Å². The molecule has 0 radical (unpaired) electrons. The Morgan fingerprint density at radius 2 is 2.07 bits per heavy atom. The third-order valence-electron chi connectivity index (χ3n) is 2.27. The first-order valence-corrected chi connectivity index (χ1v) is 5.64. The molecule has 0 bridgehead atoms. The van der Waals surface area contributed by atoms with Crippen molar-refractivity contribution in [3.8, 4) is 11.3 Å². The van der Waals surface area contributed by atoms with Crippen LogP contribution in [0.2, 0.25) is 0 Å². The van der Waals surface area contributed by atoms with Crippen molar-refractivity contribution in [2.45, 2.75) is 13.3 Å². The standard InChI is InChI=1S/C12H12BrNO/c1-2-9-4-6-12(15-9)10-5-3-8(14)7-11(10)13/h3-7H,2,14H2,1H3. The van der Waals surface area contributed by atoms with Crippen LogP contribution in [0.1, 0.15) is 12.7 Å². The molecule has 0 atom stereocenters. The minimum Gasteiger partial charge on any atom is -0.461 e. The van der Waals surface area contributed by atoms with E-state index in [9.17, 15) is 0 Å². The average Bonchev–Trinajstić information content (AvgIpc) is 2.66. The van der Waals surface area contributed by atoms with Gasteiger partial charge in [-0.1, -0.05) is 6.92 Å². The summed E-state index contributed by atoms with van der Waals surface area (Å²) in [5, 5.41) is 0. The largest absolute Gasteiger partial charge is 0.461 e. The first-order chi connectivity index (χ1) is 7.20. The first-order valence-electron chi connectivity index (χ1n) is 4.85. The van der Waals surface area contributed by atoms with Gasteiger partial charge in [0.2, 0.25) is 0 Å². The van der Waals surface area contributed by atoms with Crippen LogP contribution in [0.3, 0.4) is 0 Å². The lowest BCUT2D eigenvalue weighted by Crippen LogP contribution is -1.85. The fourth-order valence-corrected chi connectivity index (χ4v) is 2.04. The molecule has 0 saturated carbocycles. The molecule has 2 N–H and O–H groups in total. The smallest absolute Gasteiger partial charge is 0.135 e. The quantitative estimate of drug-likeness (QED) is 0.838. The minimum atomic E-state index is 0.743. The van der Waals surface area contributed by atoms with Crippen LogP contribution < -0.4 is 5.73 Å². The van der Waals surface area contributed by atoms with Crippen molar-refractivity contribution in [3.05, 3.63) is 40.6 Å². The molecule has 0 fully saturated rings. The second-order valence-corrected chi connectivity index (χ2v) is 4.21. The van der Waals surface area contributed by atoms with Gasteiger partial charge in [0.05, 0.1) is 0 Å². The summed E-state index contributed by atoms with van der Waals surface area (Å²) >= 11 is 3.47. The molecular weight excluding hydrogens is 254 g/mol. The van der Waals surface area contributed by atoms with Crippen LogP contribution in [-0.2, 0) is 6.42 Å². The molecule has 0 unspecified atom stereocenters. The van der Waals surface area contributed by atoms with Crippen molar-refractivity contribution in [2.24, 2.45) is 0 Å². The number of hydrogen-bond acceptors (Lipinski definition) is 2. The van der Waals surface area contributed by atoms with E-state index in [0.717, 1.165) is 33.7 Å². The predicted octanol–water partition coefficient (Wildman–Crippen LogP) is 3.85. The number of benzene rings is 1. The number of anilines is 1. The van der Waals surface area contributed by atoms with Crippen molar-refractivity contribution >= 4 is 21.6 Å². The van der Waals surface area contributed by atoms with Crippen LogP contribution in [0.4, 0.5) is 5.69 Å². The zero-order valence-electron chi connectivity index (χ0n) is 8.46. The van der Waals surface area contributed by atoms with Crippen LogP contribution in [0.25, 0.3) is 11.3 Å². The van der Waals surface area contributed by atoms with E-state index in [4.69, 9.17) is 10.2 Å². The van der Waals surface area contributed by atoms with Crippen LogP contribution >= 0.6 is 15.9 Å². The van der Waals surface area contributed by atoms with Gasteiger partial charge in [-0.2, -0.15) is 0 Å². The topological polar surface area (TPSA) is 39.2 Å². The summed E-state index contributed by atoms with van der Waals surface area (Å²) in [7, 11) is 0. The first kappa shape index (κ1) is 10.3. The average molecular weight is 266 g/mol. The maximum atomic E-state index is 5.68. The van der Waals surface area contributed by atoms with Crippen molar-refractivity contribution in [1.82, 2.24) is 0 Å². The minimum absolute atomic E-state index is 0.743. The Balaban J connectivity index is 2.44. The van der Waals surface area contributed by atoms with E-state index in [1.165, 1.54) is 0 Å². The fraction of sp³-hybridized carbons (Fsp3) is 0.167. The van der Waals surface area contributed by atoms with Gasteiger partial charge < -0.3 is 10.2 Å². The molecule has 0 saturated heterocycles. The molecule has 0 amide bonds. The molecule has 1 aromatic heterocycles. The normalized spacial score (nSPS) is 10.5. The lowest BCUT2D eigenvalue weighted by Gasteiger charge is -2.02. The predicted molar refractivity (Wildman–Crippen MR) is 65.6 cm³/mol. The van der Waals surface area contributed by atoms with Gasteiger partial charge in [0.1, 0.15) is 11.5 Å². The second-order valence-electron chi connectivity index (χ2n) is 3.36. The van der Waals surface area contributed by atoms with Gasteiger partial charge in [-0.05, 0) is 46.3 Å². The summed E-state index contributed by atoms with van der Waals surface area (Å²) in [6, 6.07) is 9.68. The van der Waals surface area contributed by atoms with E-state index < -0.39 is 0 Å². The van der Waals surface area contributed by atoms with Crippen molar-refractivity contribution in [3.63, 3.8) is 0 Å². The van der Waals surface area contributed by atoms with Crippen LogP contribution in [0.5, 0.6) is 0 Å². The van der Waals surface area contributed by atoms with Crippen molar-refractivity contribution in [1.29, 1.82) is 0 Å². The van der Waals surface area contributed by atoms with Crippen LogP contribution in [-0.4, -0.2) is 0 Å². The Kier molecular flexibility index (Phi) is 2.82. The molecule has 2 aromatic rings. The molecule has 0 spiro atoms. The molecule has 0 aliphatic heterocycles. The highest BCUT2D eigenvalue weighted by Gasteiger charge is 2.07. The third-order valence-corrected chi connectivity index (χ3v) is 2.92. The third kappa shape index (κ3) is 2.07. The number of rotatable bonds is 2. The summed E-state index contributed by atoms with van der Waals surface area (Å²) < 4.78 is 6.63. The van der Waals surface area contributed by atoms with Crippen LogP contribution in [0.15, 0.2) is 39.2 Å². The Morgan fingerprint density at radius 1 is 1.27 bits per heavy atom. The molecule has 15 heavy (non-hydrogen) atoms. The monoisotopic (exact) mass is 265 g/mol. The molecule has 2 nitrogen and oxygen atoms in total. The van der Waals surface area contributed by atoms with E-state index in [1.807, 2.05) is 30.3 Å². The highest BCUT2D eigenvalue weighted by molar-refractivity contribution is 9.10. The molecule has 0 aliphatic carbocycles. The van der Waals surface area contributed by atoms with Gasteiger partial charge in [0.15, 0.2) is 0 Å². The zero-order chi connectivity index (χ0) is 10.8. The van der Waals surface area contributed by atoms with E-state index in [2.05, 4.69) is 22.9 Å². The summed E-state index contributed by atoms with van der Waals surface area (Å²) in [4.78, 5) is 0. The summed E-state index contributed by atoms with van der Waals surface area (Å²) in [5.41, 5.74) is 7.45. The summed E-state index contributed by atoms with van der Waals surface area (Å²) in [6.07, 6.45) is 0.909. The van der Waals surface area contributed by atoms with Gasteiger partial charge in [-0.3, -0.25) is 0 Å². The SMILES string of the molecule is CCc1ccc(-c2ccc(N)cc2Br)o1. The van der Waals surface area contributed by atoms with Gasteiger partial charge in [0.25, 0.3) is 0 Å². The van der Waals surface area contributed by atoms with Crippen molar-refractivity contribution in [2.75, 3.05) is 5.73 Å². The van der Waals surface area contributed by atoms with Crippen molar-refractivity contribution < 1.29 is 4.42 Å². The molecule has 0 aliphatic rings. The number of halogens is 1. The number of nitrogens with two attached hydrogens (primary N) is 1. The van der Waals surface area contributed by atoms with Gasteiger partial charge in [-0.15, -0.1) is 0 Å². The van der Waals surface area contributed by atoms with E-state index in [0.29, 0.717) is 0 Å². The highest BCUT2D eigenvalue weighted by atomic mass is 79.9. The molecule has 78 valence electrons. The van der Waals surface area contributed by atoms with Gasteiger partial charge >= 0.3 is 0 Å². The van der Waals surface area contributed by atoms with E-state index in [-0.39, 0.29) is 0 Å². The molecule has 2 rings (SSSR count). The lowest BCUT2D eigenvalue weighted by atomic mass is 10.1. The molecular formula is C12H12BrNO. The summed E-state index contributed by atoms with van der Waals surface area (Å²) in [5.74, 6) is 1.87. The Bertz CT molecular complexity index is 476. The van der Waals surface area contributed by atoms with Gasteiger partial charge in [-0.25, -0.2) is 0 Å². The number of aryl methyl sites for hydroxylation is 1. The number of furan rings is 1. The van der Waals surface area contributed by atoms with Gasteiger partial charge in [0, 0.05) is 22.1 Å². The highest BCUT2D eigenvalue weighted by Crippen LogP contribution is 2.31. The second kappa shape index (κ2) is 4.11. The Morgan fingerprint density at radius 3 is 2.67 bits per heavy atom. The lowest BCUT2D eigenvalue weighted by molar-refractivity contribution is 0.529. The zero-order valence-corrected chi connectivity index (χ0v) is 10.0. The van der Waals surface area contributed by atoms with Crippen LogP contribution in [0, 0.1) is 0 Å². The van der Waals surface area contributed by atoms with E-state index >= 15 is 0 Å². The molecule has 1 aromatic carbocycles. The maximum absolute atomic E-state index is 5.68.